The van der Waals surface area contributed by atoms with Crippen LogP contribution in [-0.2, 0) is 6.54 Å². The fraction of sp³-hybridized carbons (Fsp3) is 0.750. The Morgan fingerprint density at radius 2 is 1.85 bits per heavy atom. The van der Waals surface area contributed by atoms with Crippen molar-refractivity contribution < 1.29 is 9.84 Å². The minimum absolute atomic E-state index is 0.165. The summed E-state index contributed by atoms with van der Waals surface area (Å²) in [6.45, 7) is 7.62. The number of aliphatic hydroxyl groups is 1. The number of likely N-dealkylation sites (tertiary alicyclic amines) is 1. The van der Waals surface area contributed by atoms with Crippen LogP contribution in [0.4, 0.5) is 0 Å². The van der Waals surface area contributed by atoms with Gasteiger partial charge in [-0.25, -0.2) is 4.98 Å². The fourth-order valence-electron chi connectivity index (χ4n) is 5.06. The van der Waals surface area contributed by atoms with E-state index in [0.29, 0.717) is 23.8 Å². The molecule has 1 aromatic rings. The third-order valence-electron chi connectivity index (χ3n) is 6.60. The third kappa shape index (κ3) is 3.88. The van der Waals surface area contributed by atoms with Gasteiger partial charge in [-0.3, -0.25) is 9.80 Å². The fourth-order valence-corrected chi connectivity index (χ4v) is 5.06. The Labute approximate surface area is 156 Å². The number of hydrogen-bond acceptors (Lipinski definition) is 6. The second-order valence-electron chi connectivity index (χ2n) is 8.37. The van der Waals surface area contributed by atoms with Crippen molar-refractivity contribution in [2.24, 2.45) is 11.8 Å². The lowest BCUT2D eigenvalue weighted by Gasteiger charge is -2.44. The molecule has 3 aliphatic rings. The first-order chi connectivity index (χ1) is 12.6. The number of hydrogen-bond donors (Lipinski definition) is 1. The van der Waals surface area contributed by atoms with Crippen LogP contribution in [0.5, 0.6) is 5.88 Å². The lowest BCUT2D eigenvalue weighted by atomic mass is 9.77. The first kappa shape index (κ1) is 18.2. The number of fused-ring (bicyclic) bond motifs is 1. The van der Waals surface area contributed by atoms with Crippen LogP contribution in [0.2, 0.25) is 0 Å². The van der Waals surface area contributed by atoms with Crippen molar-refractivity contribution in [1.29, 1.82) is 0 Å². The van der Waals surface area contributed by atoms with Gasteiger partial charge in [0.1, 0.15) is 0 Å². The van der Waals surface area contributed by atoms with Gasteiger partial charge in [0, 0.05) is 64.1 Å². The number of aromatic nitrogens is 1. The van der Waals surface area contributed by atoms with Crippen molar-refractivity contribution in [1.82, 2.24) is 19.7 Å². The minimum Gasteiger partial charge on any atom is -0.481 e. The summed E-state index contributed by atoms with van der Waals surface area (Å²) in [7, 11) is 3.84. The maximum Gasteiger partial charge on any atom is 0.212 e. The highest BCUT2D eigenvalue weighted by Gasteiger charge is 2.43. The lowest BCUT2D eigenvalue weighted by Crippen LogP contribution is -2.55. The van der Waals surface area contributed by atoms with Crippen LogP contribution in [-0.4, -0.2) is 90.4 Å². The molecule has 0 radical (unpaired) electrons. The zero-order valence-corrected chi connectivity index (χ0v) is 16.0. The van der Waals surface area contributed by atoms with Gasteiger partial charge in [0.25, 0.3) is 0 Å². The maximum absolute atomic E-state index is 10.8. The topological polar surface area (TPSA) is 52.1 Å². The number of rotatable bonds is 4. The Kier molecular flexibility index (Phi) is 5.45. The smallest absolute Gasteiger partial charge is 0.212 e. The molecule has 144 valence electrons. The van der Waals surface area contributed by atoms with Gasteiger partial charge < -0.3 is 14.7 Å². The molecular formula is C20H32N4O2. The molecule has 6 nitrogen and oxygen atoms in total. The number of likely N-dealkylation sites (N-methyl/N-ethyl adjacent to an activating group) is 1. The van der Waals surface area contributed by atoms with Crippen LogP contribution < -0.4 is 4.74 Å². The molecule has 3 fully saturated rings. The molecule has 4 rings (SSSR count). The zero-order valence-electron chi connectivity index (χ0n) is 16.0. The second kappa shape index (κ2) is 7.80. The summed E-state index contributed by atoms with van der Waals surface area (Å²) in [5, 5.41) is 10.8. The monoisotopic (exact) mass is 360 g/mol. The predicted molar refractivity (Wildman–Crippen MR) is 101 cm³/mol. The molecule has 1 saturated carbocycles. The molecule has 1 N–H and O–H groups in total. The van der Waals surface area contributed by atoms with Crippen LogP contribution in [0.1, 0.15) is 18.4 Å². The molecule has 0 bridgehead atoms. The molecule has 2 saturated heterocycles. The number of ether oxygens (including phenoxy) is 1. The number of piperazine rings is 1. The van der Waals surface area contributed by atoms with Crippen LogP contribution in [0.25, 0.3) is 0 Å². The number of pyridine rings is 1. The van der Waals surface area contributed by atoms with E-state index >= 15 is 0 Å². The van der Waals surface area contributed by atoms with Crippen LogP contribution >= 0.6 is 0 Å². The summed E-state index contributed by atoms with van der Waals surface area (Å²) < 4.78 is 5.14. The Balaban J connectivity index is 1.34. The Bertz CT molecular complexity index is 588. The summed E-state index contributed by atoms with van der Waals surface area (Å²) in [6, 6.07) is 4.40. The summed E-state index contributed by atoms with van der Waals surface area (Å²) in [5.41, 5.74) is 1.24. The van der Waals surface area contributed by atoms with Gasteiger partial charge >= 0.3 is 0 Å². The molecule has 0 aromatic carbocycles. The van der Waals surface area contributed by atoms with E-state index in [9.17, 15) is 5.11 Å². The van der Waals surface area contributed by atoms with E-state index in [2.05, 4.69) is 32.8 Å². The molecule has 0 unspecified atom stereocenters. The van der Waals surface area contributed by atoms with E-state index in [1.165, 1.54) is 5.56 Å². The molecule has 3 heterocycles. The molecule has 0 spiro atoms. The number of methoxy groups -OCH3 is 1. The van der Waals surface area contributed by atoms with E-state index < -0.39 is 0 Å². The largest absolute Gasteiger partial charge is 0.481 e. The van der Waals surface area contributed by atoms with Gasteiger partial charge in [-0.2, -0.15) is 0 Å². The number of aliphatic hydroxyl groups excluding tert-OH is 1. The van der Waals surface area contributed by atoms with Gasteiger partial charge in [-0.05, 0) is 37.3 Å². The standard InChI is InChI=1S/C20H32N4O2/c1-22-5-7-24(8-6-22)18-9-16-13-23(14-17(16)10-19(18)25)12-15-3-4-20(26-2)21-11-15/h3-4,11,16-19,25H,5-10,12-14H2,1-2H3/t16-,17+,18-,19-/m1/s1. The third-order valence-corrected chi connectivity index (χ3v) is 6.60. The quantitative estimate of drug-likeness (QED) is 0.861. The summed E-state index contributed by atoms with van der Waals surface area (Å²) >= 11 is 0. The highest BCUT2D eigenvalue weighted by Crippen LogP contribution is 2.39. The van der Waals surface area contributed by atoms with Crippen molar-refractivity contribution >= 4 is 0 Å². The van der Waals surface area contributed by atoms with Gasteiger partial charge in [-0.15, -0.1) is 0 Å². The molecule has 26 heavy (non-hydrogen) atoms. The Morgan fingerprint density at radius 3 is 2.50 bits per heavy atom. The highest BCUT2D eigenvalue weighted by atomic mass is 16.5. The average Bonchev–Trinajstić information content (AvgIpc) is 3.03. The van der Waals surface area contributed by atoms with E-state index in [1.54, 1.807) is 7.11 Å². The van der Waals surface area contributed by atoms with Gasteiger partial charge in [0.05, 0.1) is 13.2 Å². The van der Waals surface area contributed by atoms with E-state index in [4.69, 9.17) is 4.74 Å². The molecule has 2 aliphatic heterocycles. The SMILES string of the molecule is COc1ccc(CN2C[C@H]3C[C@@H](N4CCN(C)CC4)[C@H](O)C[C@H]3C2)cn1. The summed E-state index contributed by atoms with van der Waals surface area (Å²) in [4.78, 5) is 11.8. The maximum atomic E-state index is 10.8. The predicted octanol–water partition coefficient (Wildman–Crippen LogP) is 0.909. The Hall–Kier alpha value is -1.21. The number of nitrogens with zero attached hydrogens (tertiary/aromatic N) is 4. The van der Waals surface area contributed by atoms with Crippen LogP contribution in [0.3, 0.4) is 0 Å². The van der Waals surface area contributed by atoms with Gasteiger partial charge in [-0.1, -0.05) is 6.07 Å². The highest BCUT2D eigenvalue weighted by molar-refractivity contribution is 5.18. The lowest BCUT2D eigenvalue weighted by molar-refractivity contribution is -0.0249. The molecule has 6 heteroatoms. The Morgan fingerprint density at radius 1 is 1.12 bits per heavy atom. The van der Waals surface area contributed by atoms with Crippen molar-refractivity contribution in [3.63, 3.8) is 0 Å². The van der Waals surface area contributed by atoms with E-state index in [1.807, 2.05) is 12.3 Å². The average molecular weight is 361 g/mol. The van der Waals surface area contributed by atoms with Gasteiger partial charge in [0.2, 0.25) is 5.88 Å². The second-order valence-corrected chi connectivity index (χ2v) is 8.37. The van der Waals surface area contributed by atoms with Gasteiger partial charge in [0.15, 0.2) is 0 Å². The normalized spacial score (nSPS) is 34.0. The van der Waals surface area contributed by atoms with E-state index in [-0.39, 0.29) is 6.10 Å². The van der Waals surface area contributed by atoms with Crippen molar-refractivity contribution in [2.45, 2.75) is 31.5 Å². The van der Waals surface area contributed by atoms with Crippen molar-refractivity contribution in [3.8, 4) is 5.88 Å². The molecule has 0 amide bonds. The van der Waals surface area contributed by atoms with Crippen LogP contribution in [0.15, 0.2) is 18.3 Å². The summed E-state index contributed by atoms with van der Waals surface area (Å²) in [5.74, 6) is 2.02. The molecular weight excluding hydrogens is 328 g/mol. The summed E-state index contributed by atoms with van der Waals surface area (Å²) in [6.07, 6.45) is 3.86. The molecule has 1 aliphatic carbocycles. The van der Waals surface area contributed by atoms with Crippen molar-refractivity contribution in [2.75, 3.05) is 53.4 Å². The first-order valence-corrected chi connectivity index (χ1v) is 9.94. The zero-order chi connectivity index (χ0) is 18.1. The van der Waals surface area contributed by atoms with Crippen molar-refractivity contribution in [3.05, 3.63) is 23.9 Å². The first-order valence-electron chi connectivity index (χ1n) is 9.94. The molecule has 1 aromatic heterocycles. The van der Waals surface area contributed by atoms with E-state index in [0.717, 1.165) is 58.7 Å². The van der Waals surface area contributed by atoms with Crippen LogP contribution in [0, 0.1) is 11.8 Å². The molecule has 4 atom stereocenters. The minimum atomic E-state index is -0.165.